The van der Waals surface area contributed by atoms with Gasteiger partial charge in [0.1, 0.15) is 0 Å². The molecule has 1 aromatic rings. The first-order chi connectivity index (χ1) is 7.77. The maximum atomic E-state index is 9.71. The van der Waals surface area contributed by atoms with Crippen molar-refractivity contribution in [2.24, 2.45) is 5.92 Å². The summed E-state index contributed by atoms with van der Waals surface area (Å²) >= 11 is 0. The number of aliphatic hydroxyl groups is 1. The fourth-order valence-electron chi connectivity index (χ4n) is 2.68. The lowest BCUT2D eigenvalue weighted by molar-refractivity contribution is 0.126. The van der Waals surface area contributed by atoms with Gasteiger partial charge in [0.05, 0.1) is 12.1 Å². The van der Waals surface area contributed by atoms with Crippen LogP contribution in [0.4, 0.5) is 5.69 Å². The first kappa shape index (κ1) is 11.5. The van der Waals surface area contributed by atoms with Gasteiger partial charge in [-0.1, -0.05) is 38.0 Å². The maximum Gasteiger partial charge on any atom is 0.0664 e. The summed E-state index contributed by atoms with van der Waals surface area (Å²) in [5.74, 6) is 0.534. The fourth-order valence-corrected chi connectivity index (χ4v) is 2.68. The number of hydrogen-bond donors (Lipinski definition) is 2. The molecule has 16 heavy (non-hydrogen) atoms. The lowest BCUT2D eigenvalue weighted by Crippen LogP contribution is -2.49. The van der Waals surface area contributed by atoms with Crippen LogP contribution >= 0.6 is 0 Å². The average Bonchev–Trinajstić information content (AvgIpc) is 2.34. The van der Waals surface area contributed by atoms with Gasteiger partial charge in [0.15, 0.2) is 0 Å². The minimum Gasteiger partial charge on any atom is -0.394 e. The second kappa shape index (κ2) is 4.88. The molecule has 0 aromatic heterocycles. The van der Waals surface area contributed by atoms with Crippen LogP contribution in [0.1, 0.15) is 32.6 Å². The molecule has 88 valence electrons. The Hall–Kier alpha value is -1.02. The van der Waals surface area contributed by atoms with Crippen LogP contribution in [0.3, 0.4) is 0 Å². The van der Waals surface area contributed by atoms with E-state index >= 15 is 0 Å². The lowest BCUT2D eigenvalue weighted by Gasteiger charge is -2.42. The number of benzene rings is 1. The van der Waals surface area contributed by atoms with Gasteiger partial charge in [-0.15, -0.1) is 0 Å². The van der Waals surface area contributed by atoms with Crippen LogP contribution in [-0.2, 0) is 0 Å². The molecule has 0 saturated heterocycles. The zero-order valence-electron chi connectivity index (χ0n) is 9.95. The van der Waals surface area contributed by atoms with E-state index in [-0.39, 0.29) is 12.1 Å². The van der Waals surface area contributed by atoms with E-state index in [0.717, 1.165) is 12.1 Å². The number of aliphatic hydroxyl groups excluding tert-OH is 1. The highest BCUT2D eigenvalue weighted by Gasteiger charge is 2.37. The lowest BCUT2D eigenvalue weighted by atomic mass is 9.74. The van der Waals surface area contributed by atoms with Crippen LogP contribution in [0.25, 0.3) is 0 Å². The molecule has 0 spiro atoms. The Morgan fingerprint density at radius 2 is 2.06 bits per heavy atom. The molecule has 1 saturated carbocycles. The molecular formula is C14H21NO. The largest absolute Gasteiger partial charge is 0.394 e. The summed E-state index contributed by atoms with van der Waals surface area (Å²) < 4.78 is 0. The third kappa shape index (κ3) is 2.22. The Labute approximate surface area is 97.7 Å². The number of anilines is 1. The van der Waals surface area contributed by atoms with Gasteiger partial charge < -0.3 is 10.4 Å². The minimum atomic E-state index is -0.112. The quantitative estimate of drug-likeness (QED) is 0.819. The van der Waals surface area contributed by atoms with Gasteiger partial charge in [-0.25, -0.2) is 0 Å². The van der Waals surface area contributed by atoms with E-state index in [1.807, 2.05) is 18.2 Å². The highest BCUT2D eigenvalue weighted by molar-refractivity contribution is 5.45. The zero-order chi connectivity index (χ0) is 11.4. The molecule has 0 amide bonds. The van der Waals surface area contributed by atoms with Crippen molar-refractivity contribution in [2.45, 2.75) is 38.1 Å². The summed E-state index contributed by atoms with van der Waals surface area (Å²) in [6, 6.07) is 10.2. The Morgan fingerprint density at radius 1 is 1.31 bits per heavy atom. The summed E-state index contributed by atoms with van der Waals surface area (Å²) in [4.78, 5) is 0. The van der Waals surface area contributed by atoms with E-state index in [1.54, 1.807) is 0 Å². The topological polar surface area (TPSA) is 32.3 Å². The summed E-state index contributed by atoms with van der Waals surface area (Å²) in [5.41, 5.74) is 1.00. The van der Waals surface area contributed by atoms with E-state index in [9.17, 15) is 5.11 Å². The van der Waals surface area contributed by atoms with Crippen molar-refractivity contribution in [3.63, 3.8) is 0 Å². The second-order valence-corrected chi connectivity index (χ2v) is 4.95. The van der Waals surface area contributed by atoms with Crippen LogP contribution in [0.5, 0.6) is 0 Å². The van der Waals surface area contributed by atoms with Crippen molar-refractivity contribution >= 4 is 5.69 Å². The van der Waals surface area contributed by atoms with Gasteiger partial charge in [0.25, 0.3) is 0 Å². The third-order valence-electron chi connectivity index (χ3n) is 3.90. The van der Waals surface area contributed by atoms with Crippen LogP contribution in [-0.4, -0.2) is 17.3 Å². The van der Waals surface area contributed by atoms with Gasteiger partial charge in [-0.2, -0.15) is 0 Å². The van der Waals surface area contributed by atoms with Gasteiger partial charge in [-0.3, -0.25) is 0 Å². The Kier molecular flexibility index (Phi) is 3.49. The number of nitrogens with one attached hydrogen (secondary N) is 1. The standard InChI is InChI=1S/C14H21NO/c1-12-7-5-6-10-14(12,11-16)15-13-8-3-2-4-9-13/h2-4,8-9,12,15-16H,5-7,10-11H2,1H3. The molecule has 1 aromatic carbocycles. The molecule has 2 atom stereocenters. The SMILES string of the molecule is CC1CCCCC1(CO)Nc1ccccc1. The highest BCUT2D eigenvalue weighted by atomic mass is 16.3. The first-order valence-corrected chi connectivity index (χ1v) is 6.21. The highest BCUT2D eigenvalue weighted by Crippen LogP contribution is 2.36. The van der Waals surface area contributed by atoms with E-state index in [1.165, 1.54) is 19.3 Å². The van der Waals surface area contributed by atoms with Gasteiger partial charge in [-0.05, 0) is 30.9 Å². The summed E-state index contributed by atoms with van der Waals surface area (Å²) in [6.07, 6.45) is 4.78. The van der Waals surface area contributed by atoms with Gasteiger partial charge >= 0.3 is 0 Å². The molecule has 2 nitrogen and oxygen atoms in total. The molecule has 0 heterocycles. The monoisotopic (exact) mass is 219 g/mol. The predicted molar refractivity (Wildman–Crippen MR) is 67.5 cm³/mol. The normalized spacial score (nSPS) is 30.0. The molecule has 2 rings (SSSR count). The molecule has 1 fully saturated rings. The zero-order valence-corrected chi connectivity index (χ0v) is 9.95. The molecule has 0 bridgehead atoms. The molecule has 1 aliphatic carbocycles. The Bertz CT molecular complexity index is 325. The van der Waals surface area contributed by atoms with Crippen molar-refractivity contribution in [2.75, 3.05) is 11.9 Å². The Balaban J connectivity index is 2.15. The fraction of sp³-hybridized carbons (Fsp3) is 0.571. The first-order valence-electron chi connectivity index (χ1n) is 6.21. The van der Waals surface area contributed by atoms with Crippen molar-refractivity contribution in [1.29, 1.82) is 0 Å². The molecule has 2 unspecified atom stereocenters. The smallest absolute Gasteiger partial charge is 0.0664 e. The van der Waals surface area contributed by atoms with Gasteiger partial charge in [0.2, 0.25) is 0 Å². The van der Waals surface area contributed by atoms with Crippen LogP contribution in [0, 0.1) is 5.92 Å². The molecule has 0 radical (unpaired) electrons. The van der Waals surface area contributed by atoms with Gasteiger partial charge in [0, 0.05) is 5.69 Å². The van der Waals surface area contributed by atoms with Crippen molar-refractivity contribution in [3.05, 3.63) is 30.3 Å². The van der Waals surface area contributed by atoms with Crippen LogP contribution in [0.15, 0.2) is 30.3 Å². The summed E-state index contributed by atoms with van der Waals surface area (Å²) in [5, 5.41) is 13.3. The summed E-state index contributed by atoms with van der Waals surface area (Å²) in [6.45, 7) is 2.47. The minimum absolute atomic E-state index is 0.112. The van der Waals surface area contributed by atoms with Crippen molar-refractivity contribution in [1.82, 2.24) is 0 Å². The number of para-hydroxylation sites is 1. The van der Waals surface area contributed by atoms with E-state index in [0.29, 0.717) is 5.92 Å². The van der Waals surface area contributed by atoms with Crippen LogP contribution in [0.2, 0.25) is 0 Å². The number of rotatable bonds is 3. The Morgan fingerprint density at radius 3 is 2.69 bits per heavy atom. The molecule has 0 aliphatic heterocycles. The third-order valence-corrected chi connectivity index (χ3v) is 3.90. The molecule has 2 N–H and O–H groups in total. The van der Waals surface area contributed by atoms with E-state index < -0.39 is 0 Å². The van der Waals surface area contributed by atoms with Crippen molar-refractivity contribution in [3.8, 4) is 0 Å². The predicted octanol–water partition coefficient (Wildman–Crippen LogP) is 3.04. The molecule has 1 aliphatic rings. The van der Waals surface area contributed by atoms with E-state index in [2.05, 4.69) is 24.4 Å². The summed E-state index contributed by atoms with van der Waals surface area (Å²) in [7, 11) is 0. The van der Waals surface area contributed by atoms with Crippen molar-refractivity contribution < 1.29 is 5.11 Å². The number of hydrogen-bond acceptors (Lipinski definition) is 2. The van der Waals surface area contributed by atoms with Crippen LogP contribution < -0.4 is 5.32 Å². The second-order valence-electron chi connectivity index (χ2n) is 4.95. The molecule has 2 heteroatoms. The average molecular weight is 219 g/mol. The van der Waals surface area contributed by atoms with E-state index in [4.69, 9.17) is 0 Å². The molecular weight excluding hydrogens is 198 g/mol. The maximum absolute atomic E-state index is 9.71.